The summed E-state index contributed by atoms with van der Waals surface area (Å²) in [6.07, 6.45) is 2.99. The Hall–Kier alpha value is -2.17. The van der Waals surface area contributed by atoms with Crippen LogP contribution in [0, 0.1) is 6.92 Å². The van der Waals surface area contributed by atoms with Gasteiger partial charge in [0.05, 0.1) is 6.61 Å². The van der Waals surface area contributed by atoms with E-state index in [0.717, 1.165) is 11.3 Å². The normalized spacial score (nSPS) is 10.4. The Morgan fingerprint density at radius 2 is 2.17 bits per heavy atom. The zero-order valence-corrected chi connectivity index (χ0v) is 10.7. The highest BCUT2D eigenvalue weighted by Crippen LogP contribution is 2.12. The molecule has 0 aliphatic heterocycles. The van der Waals surface area contributed by atoms with E-state index in [1.54, 1.807) is 32.1 Å². The highest BCUT2D eigenvalue weighted by Gasteiger charge is 2.01. The van der Waals surface area contributed by atoms with E-state index in [1.807, 2.05) is 0 Å². The minimum absolute atomic E-state index is 0.170. The van der Waals surface area contributed by atoms with Gasteiger partial charge in [-0.05, 0) is 37.6 Å². The second-order valence-electron chi connectivity index (χ2n) is 3.64. The smallest absolute Gasteiger partial charge is 0.330 e. The van der Waals surface area contributed by atoms with Crippen LogP contribution in [0.15, 0.2) is 18.2 Å². The number of nitrogens with zero attached hydrogens (tertiary/aromatic N) is 1. The molecule has 1 rings (SSSR count). The number of rotatable bonds is 4. The number of ether oxygens (including phenoxy) is 1. The van der Waals surface area contributed by atoms with Gasteiger partial charge < -0.3 is 10.1 Å². The zero-order valence-electron chi connectivity index (χ0n) is 10.7. The first kappa shape index (κ1) is 13.9. The van der Waals surface area contributed by atoms with Gasteiger partial charge in [-0.15, -0.1) is 0 Å². The van der Waals surface area contributed by atoms with Crippen molar-refractivity contribution in [2.24, 2.45) is 0 Å². The number of hydrogen-bond donors (Lipinski definition) is 1. The van der Waals surface area contributed by atoms with Gasteiger partial charge in [-0.25, -0.2) is 9.78 Å². The van der Waals surface area contributed by atoms with E-state index in [4.69, 9.17) is 4.74 Å². The molecule has 1 aromatic rings. The van der Waals surface area contributed by atoms with Crippen molar-refractivity contribution in [3.05, 3.63) is 29.5 Å². The van der Waals surface area contributed by atoms with Crippen molar-refractivity contribution >= 4 is 23.8 Å². The average molecular weight is 248 g/mol. The van der Waals surface area contributed by atoms with Crippen LogP contribution in [-0.2, 0) is 14.3 Å². The first-order chi connectivity index (χ1) is 8.52. The number of carbonyl (C=O) groups is 2. The molecule has 1 N–H and O–H groups in total. The van der Waals surface area contributed by atoms with Crippen molar-refractivity contribution in [2.45, 2.75) is 20.8 Å². The van der Waals surface area contributed by atoms with Crippen LogP contribution in [0.5, 0.6) is 0 Å². The molecule has 0 saturated carbocycles. The first-order valence-electron chi connectivity index (χ1n) is 5.63. The third kappa shape index (κ3) is 4.37. The largest absolute Gasteiger partial charge is 0.463 e. The summed E-state index contributed by atoms with van der Waals surface area (Å²) in [5, 5.41) is 2.59. The summed E-state index contributed by atoms with van der Waals surface area (Å²) in [4.78, 5) is 26.2. The van der Waals surface area contributed by atoms with E-state index in [2.05, 4.69) is 10.3 Å². The van der Waals surface area contributed by atoms with E-state index in [0.29, 0.717) is 12.4 Å². The van der Waals surface area contributed by atoms with Gasteiger partial charge in [0.25, 0.3) is 0 Å². The van der Waals surface area contributed by atoms with Crippen molar-refractivity contribution in [1.29, 1.82) is 0 Å². The summed E-state index contributed by atoms with van der Waals surface area (Å²) in [6.45, 7) is 5.32. The first-order valence-corrected chi connectivity index (χ1v) is 5.63. The van der Waals surface area contributed by atoms with Gasteiger partial charge in [-0.2, -0.15) is 0 Å². The Labute approximate surface area is 106 Å². The fourth-order valence-corrected chi connectivity index (χ4v) is 1.35. The highest BCUT2D eigenvalue weighted by atomic mass is 16.5. The number of pyridine rings is 1. The standard InChI is InChI=1S/C13H16N2O3/c1-4-18-13(17)8-6-11-5-7-12(14-9(11)2)15-10(3)16/h5-8H,4H2,1-3H3,(H,14,15,16). The molecule has 5 heteroatoms. The van der Waals surface area contributed by atoms with E-state index < -0.39 is 0 Å². The number of aryl methyl sites for hydroxylation is 1. The molecule has 5 nitrogen and oxygen atoms in total. The number of amides is 1. The molecule has 0 aromatic carbocycles. The lowest BCUT2D eigenvalue weighted by Gasteiger charge is -2.04. The summed E-state index contributed by atoms with van der Waals surface area (Å²) in [5.74, 6) is -0.0622. The Balaban J connectivity index is 2.79. The van der Waals surface area contributed by atoms with Gasteiger partial charge in [0.2, 0.25) is 5.91 Å². The molecule has 0 atom stereocenters. The molecule has 1 aromatic heterocycles. The van der Waals surface area contributed by atoms with Gasteiger partial charge in [0, 0.05) is 18.7 Å². The predicted octanol–water partition coefficient (Wildman–Crippen LogP) is 1.92. The molecular formula is C13H16N2O3. The highest BCUT2D eigenvalue weighted by molar-refractivity contribution is 5.88. The maximum Gasteiger partial charge on any atom is 0.330 e. The fraction of sp³-hybridized carbons (Fsp3) is 0.308. The van der Waals surface area contributed by atoms with Gasteiger partial charge in [-0.1, -0.05) is 0 Å². The predicted molar refractivity (Wildman–Crippen MR) is 68.9 cm³/mol. The van der Waals surface area contributed by atoms with Crippen LogP contribution in [0.4, 0.5) is 5.82 Å². The average Bonchev–Trinajstić information content (AvgIpc) is 2.27. The second kappa shape index (κ2) is 6.54. The number of hydrogen-bond acceptors (Lipinski definition) is 4. The molecule has 18 heavy (non-hydrogen) atoms. The minimum atomic E-state index is -0.386. The van der Waals surface area contributed by atoms with Gasteiger partial charge in [-0.3, -0.25) is 4.79 Å². The lowest BCUT2D eigenvalue weighted by atomic mass is 10.2. The van der Waals surface area contributed by atoms with Crippen molar-refractivity contribution in [3.63, 3.8) is 0 Å². The molecule has 96 valence electrons. The molecular weight excluding hydrogens is 232 g/mol. The van der Waals surface area contributed by atoms with Crippen molar-refractivity contribution in [3.8, 4) is 0 Å². The molecule has 0 unspecified atom stereocenters. The number of aromatic nitrogens is 1. The topological polar surface area (TPSA) is 68.3 Å². The Bertz CT molecular complexity index is 481. The summed E-state index contributed by atoms with van der Waals surface area (Å²) < 4.78 is 4.78. The molecule has 0 spiro atoms. The molecule has 0 radical (unpaired) electrons. The lowest BCUT2D eigenvalue weighted by Crippen LogP contribution is -2.08. The molecule has 0 aliphatic carbocycles. The van der Waals surface area contributed by atoms with Crippen LogP contribution in [0.2, 0.25) is 0 Å². The second-order valence-corrected chi connectivity index (χ2v) is 3.64. The maximum absolute atomic E-state index is 11.2. The Kier molecular flexibility index (Phi) is 5.05. The van der Waals surface area contributed by atoms with Crippen LogP contribution in [0.25, 0.3) is 6.08 Å². The third-order valence-corrected chi connectivity index (χ3v) is 2.12. The lowest BCUT2D eigenvalue weighted by molar-refractivity contribution is -0.137. The van der Waals surface area contributed by atoms with E-state index in [-0.39, 0.29) is 11.9 Å². The van der Waals surface area contributed by atoms with E-state index in [9.17, 15) is 9.59 Å². The minimum Gasteiger partial charge on any atom is -0.463 e. The molecule has 0 aliphatic rings. The number of esters is 1. The molecule has 0 saturated heterocycles. The van der Waals surface area contributed by atoms with Crippen molar-refractivity contribution in [2.75, 3.05) is 11.9 Å². The van der Waals surface area contributed by atoms with Crippen LogP contribution < -0.4 is 5.32 Å². The summed E-state index contributed by atoms with van der Waals surface area (Å²) in [5.41, 5.74) is 1.53. The van der Waals surface area contributed by atoms with Gasteiger partial charge in [0.15, 0.2) is 0 Å². The Morgan fingerprint density at radius 3 is 2.72 bits per heavy atom. The molecule has 0 fully saturated rings. The van der Waals surface area contributed by atoms with Crippen LogP contribution in [-0.4, -0.2) is 23.5 Å². The number of carbonyl (C=O) groups excluding carboxylic acids is 2. The number of nitrogens with one attached hydrogen (secondary N) is 1. The van der Waals surface area contributed by atoms with E-state index in [1.165, 1.54) is 13.0 Å². The van der Waals surface area contributed by atoms with Crippen molar-refractivity contribution < 1.29 is 14.3 Å². The van der Waals surface area contributed by atoms with Gasteiger partial charge in [0.1, 0.15) is 5.82 Å². The molecule has 1 heterocycles. The zero-order chi connectivity index (χ0) is 13.5. The summed E-state index contributed by atoms with van der Waals surface area (Å²) >= 11 is 0. The summed E-state index contributed by atoms with van der Waals surface area (Å²) in [7, 11) is 0. The van der Waals surface area contributed by atoms with E-state index >= 15 is 0 Å². The maximum atomic E-state index is 11.2. The van der Waals surface area contributed by atoms with Crippen LogP contribution >= 0.6 is 0 Å². The van der Waals surface area contributed by atoms with Crippen LogP contribution in [0.3, 0.4) is 0 Å². The number of anilines is 1. The van der Waals surface area contributed by atoms with Crippen LogP contribution in [0.1, 0.15) is 25.1 Å². The fourth-order valence-electron chi connectivity index (χ4n) is 1.35. The quantitative estimate of drug-likeness (QED) is 0.653. The summed E-state index contributed by atoms with van der Waals surface area (Å²) in [6, 6.07) is 3.46. The molecule has 1 amide bonds. The third-order valence-electron chi connectivity index (χ3n) is 2.12. The van der Waals surface area contributed by atoms with Gasteiger partial charge >= 0.3 is 5.97 Å². The van der Waals surface area contributed by atoms with Crippen molar-refractivity contribution in [1.82, 2.24) is 4.98 Å². The SMILES string of the molecule is CCOC(=O)C=Cc1ccc(NC(C)=O)nc1C. The monoisotopic (exact) mass is 248 g/mol. The Morgan fingerprint density at radius 1 is 1.44 bits per heavy atom. The molecule has 0 bridgehead atoms.